The van der Waals surface area contributed by atoms with Crippen LogP contribution in [0.1, 0.15) is 31.7 Å². The predicted molar refractivity (Wildman–Crippen MR) is 188 cm³/mol. The lowest BCUT2D eigenvalue weighted by molar-refractivity contribution is -0.692. The molecule has 0 saturated carbocycles. The Kier molecular flexibility index (Phi) is 15.7. The van der Waals surface area contributed by atoms with Gasteiger partial charge in [0.25, 0.3) is 0 Å². The Labute approximate surface area is 269 Å². The van der Waals surface area contributed by atoms with Crippen molar-refractivity contribution in [2.75, 3.05) is 42.2 Å². The number of anilines is 2. The third-order valence-corrected chi connectivity index (χ3v) is 8.21. The minimum absolute atomic E-state index is 0.0274. The molecule has 0 bridgehead atoms. The van der Waals surface area contributed by atoms with Crippen molar-refractivity contribution in [3.8, 4) is 0 Å². The lowest BCUT2D eigenvalue weighted by Crippen LogP contribution is -2.34. The molecule has 1 heterocycles. The van der Waals surface area contributed by atoms with E-state index in [9.17, 15) is 9.59 Å². The van der Waals surface area contributed by atoms with E-state index in [4.69, 9.17) is 0 Å². The highest BCUT2D eigenvalue weighted by atomic mass is 32.2. The molecule has 0 atom stereocenters. The standard InChI is InChI=1S/C34H41N6O2S2/c1-4-29(27-36-38(2)31-11-7-5-8-12-31)17-20-35-21-25-43-33(41)15-16-34(42)44-26-24-40-22-18-30(19-23-40)28-37-39(3)32-13-9-6-10-14-32/h5-14,17-20,22-23,27-28H,4,15-16,21,24-26H2,1-3H3/q+1/b29-17+,35-20+,36-27+. The van der Waals surface area contributed by atoms with Crippen LogP contribution in [-0.4, -0.2) is 61.0 Å². The third-order valence-electron chi connectivity index (χ3n) is 6.38. The van der Waals surface area contributed by atoms with E-state index in [1.165, 1.54) is 23.5 Å². The highest BCUT2D eigenvalue weighted by Crippen LogP contribution is 2.14. The Morgan fingerprint density at radius 3 is 1.95 bits per heavy atom. The van der Waals surface area contributed by atoms with Gasteiger partial charge in [0.1, 0.15) is 0 Å². The number of thioether (sulfide) groups is 2. The molecular weight excluding hydrogens is 589 g/mol. The summed E-state index contributed by atoms with van der Waals surface area (Å²) in [5, 5.41) is 12.7. The first-order valence-corrected chi connectivity index (χ1v) is 16.6. The van der Waals surface area contributed by atoms with Crippen LogP contribution in [-0.2, 0) is 16.1 Å². The zero-order valence-corrected chi connectivity index (χ0v) is 27.3. The molecule has 0 amide bonds. The molecule has 44 heavy (non-hydrogen) atoms. The van der Waals surface area contributed by atoms with Gasteiger partial charge in [0.05, 0.1) is 29.6 Å². The van der Waals surface area contributed by atoms with Crippen molar-refractivity contribution in [3.05, 3.63) is 102 Å². The Hall–Kier alpha value is -4.02. The van der Waals surface area contributed by atoms with Gasteiger partial charge in [-0.3, -0.25) is 24.6 Å². The Balaban J connectivity index is 1.26. The maximum Gasteiger partial charge on any atom is 0.189 e. The molecule has 0 aliphatic heterocycles. The number of hydrogen-bond donors (Lipinski definition) is 0. The smallest absolute Gasteiger partial charge is 0.189 e. The highest BCUT2D eigenvalue weighted by molar-refractivity contribution is 8.14. The highest BCUT2D eigenvalue weighted by Gasteiger charge is 2.10. The van der Waals surface area contributed by atoms with Gasteiger partial charge >= 0.3 is 0 Å². The number of benzene rings is 2. The van der Waals surface area contributed by atoms with E-state index >= 15 is 0 Å². The first-order valence-electron chi connectivity index (χ1n) is 14.6. The van der Waals surface area contributed by atoms with E-state index in [1.54, 1.807) is 6.21 Å². The SMILES string of the molecule is CCC(/C=N/N(C)c1ccccc1)=C\C=N\CCSC(=O)CCC(=O)SCC[n+]1ccc(/C=N/N(C)c2ccccc2)cc1. The fourth-order valence-corrected chi connectivity index (χ4v) is 5.19. The molecule has 0 aliphatic rings. The zero-order chi connectivity index (χ0) is 31.4. The van der Waals surface area contributed by atoms with Crippen LogP contribution in [0.15, 0.2) is 112 Å². The average molecular weight is 630 g/mol. The normalized spacial score (nSPS) is 11.9. The van der Waals surface area contributed by atoms with Crippen molar-refractivity contribution in [1.82, 2.24) is 0 Å². The van der Waals surface area contributed by atoms with Crippen molar-refractivity contribution in [1.29, 1.82) is 0 Å². The number of rotatable bonds is 17. The molecule has 2 aromatic carbocycles. The summed E-state index contributed by atoms with van der Waals surface area (Å²) in [5.41, 5.74) is 4.09. The minimum Gasteiger partial charge on any atom is -0.292 e. The topological polar surface area (TPSA) is 81.6 Å². The lowest BCUT2D eigenvalue weighted by Gasteiger charge is -2.12. The molecule has 8 nitrogen and oxygen atoms in total. The van der Waals surface area contributed by atoms with E-state index in [0.717, 1.165) is 28.9 Å². The largest absolute Gasteiger partial charge is 0.292 e. The van der Waals surface area contributed by atoms with Gasteiger partial charge in [0.2, 0.25) is 0 Å². The number of aryl methyl sites for hydroxylation is 1. The molecule has 0 radical (unpaired) electrons. The summed E-state index contributed by atoms with van der Waals surface area (Å²) in [5.74, 6) is 1.25. The molecule has 0 spiro atoms. The molecule has 0 fully saturated rings. The molecule has 0 aliphatic carbocycles. The predicted octanol–water partition coefficient (Wildman–Crippen LogP) is 6.27. The van der Waals surface area contributed by atoms with Gasteiger partial charge in [-0.1, -0.05) is 66.8 Å². The second-order valence-corrected chi connectivity index (χ2v) is 12.0. The first kappa shape index (κ1) is 34.5. The number of carbonyl (C=O) groups is 2. The molecule has 0 saturated heterocycles. The Bertz CT molecular complexity index is 1410. The zero-order valence-electron chi connectivity index (χ0n) is 25.7. The Morgan fingerprint density at radius 1 is 0.795 bits per heavy atom. The summed E-state index contributed by atoms with van der Waals surface area (Å²) < 4.78 is 2.04. The summed E-state index contributed by atoms with van der Waals surface area (Å²) in [6.07, 6.45) is 12.7. The van der Waals surface area contributed by atoms with Gasteiger partial charge in [-0.15, -0.1) is 0 Å². The van der Waals surface area contributed by atoms with Crippen molar-refractivity contribution in [3.63, 3.8) is 0 Å². The molecule has 230 valence electrons. The van der Waals surface area contributed by atoms with Gasteiger partial charge in [0, 0.05) is 63.1 Å². The number of nitrogens with zero attached hydrogens (tertiary/aromatic N) is 6. The summed E-state index contributed by atoms with van der Waals surface area (Å²) >= 11 is 2.51. The minimum atomic E-state index is 0.0274. The van der Waals surface area contributed by atoms with Crippen LogP contribution in [0, 0.1) is 0 Å². The quantitative estimate of drug-likeness (QED) is 0.0758. The second-order valence-electron chi connectivity index (χ2n) is 9.67. The van der Waals surface area contributed by atoms with Gasteiger partial charge in [-0.05, 0) is 42.3 Å². The lowest BCUT2D eigenvalue weighted by atomic mass is 10.2. The number of para-hydroxylation sites is 2. The van der Waals surface area contributed by atoms with E-state index in [2.05, 4.69) is 22.1 Å². The fourth-order valence-electron chi connectivity index (χ4n) is 3.74. The first-order chi connectivity index (χ1) is 21.4. The number of hydrazone groups is 2. The monoisotopic (exact) mass is 629 g/mol. The van der Waals surface area contributed by atoms with E-state index < -0.39 is 0 Å². The number of carbonyl (C=O) groups excluding carboxylic acids is 2. The van der Waals surface area contributed by atoms with Crippen LogP contribution < -0.4 is 14.6 Å². The van der Waals surface area contributed by atoms with E-state index in [0.29, 0.717) is 24.6 Å². The van der Waals surface area contributed by atoms with Crippen LogP contribution in [0.2, 0.25) is 0 Å². The van der Waals surface area contributed by atoms with Gasteiger partial charge < -0.3 is 0 Å². The third kappa shape index (κ3) is 13.5. The molecule has 1 aromatic heterocycles. The van der Waals surface area contributed by atoms with Gasteiger partial charge in [-0.2, -0.15) is 10.2 Å². The van der Waals surface area contributed by atoms with Crippen LogP contribution in [0.3, 0.4) is 0 Å². The number of aliphatic imine (C=N–C) groups is 1. The van der Waals surface area contributed by atoms with Crippen LogP contribution in [0.4, 0.5) is 11.4 Å². The van der Waals surface area contributed by atoms with Crippen LogP contribution in [0.5, 0.6) is 0 Å². The summed E-state index contributed by atoms with van der Waals surface area (Å²) in [6.45, 7) is 3.32. The Morgan fingerprint density at radius 2 is 1.36 bits per heavy atom. The van der Waals surface area contributed by atoms with Gasteiger partial charge in [-0.25, -0.2) is 4.57 Å². The number of aromatic nitrogens is 1. The van der Waals surface area contributed by atoms with E-state index in [-0.39, 0.29) is 23.1 Å². The molecule has 3 aromatic rings. The molecule has 3 rings (SSSR count). The molecule has 10 heteroatoms. The van der Waals surface area contributed by atoms with Crippen LogP contribution in [0.25, 0.3) is 0 Å². The fraction of sp³-hybridized carbons (Fsp3) is 0.294. The number of pyridine rings is 1. The number of allylic oxidation sites excluding steroid dienone is 2. The van der Waals surface area contributed by atoms with E-state index in [1.807, 2.05) is 132 Å². The summed E-state index contributed by atoms with van der Waals surface area (Å²) in [4.78, 5) is 28.9. The molecule has 0 unspecified atom stereocenters. The maximum atomic E-state index is 12.3. The average Bonchev–Trinajstić information content (AvgIpc) is 3.06. The number of hydrogen-bond acceptors (Lipinski definition) is 9. The maximum absolute atomic E-state index is 12.3. The second kappa shape index (κ2) is 20.0. The molecular formula is C34H41N6O2S2+. The van der Waals surface area contributed by atoms with Gasteiger partial charge in [0.15, 0.2) is 29.2 Å². The van der Waals surface area contributed by atoms with Crippen molar-refractivity contribution < 1.29 is 14.2 Å². The van der Waals surface area contributed by atoms with Crippen molar-refractivity contribution in [2.24, 2.45) is 15.2 Å². The van der Waals surface area contributed by atoms with Crippen molar-refractivity contribution >= 4 is 63.8 Å². The molecule has 0 N–H and O–H groups in total. The van der Waals surface area contributed by atoms with Crippen molar-refractivity contribution in [2.45, 2.75) is 32.7 Å². The summed E-state index contributed by atoms with van der Waals surface area (Å²) in [7, 11) is 3.83. The van der Waals surface area contributed by atoms with Crippen LogP contribution >= 0.6 is 23.5 Å². The summed E-state index contributed by atoms with van der Waals surface area (Å²) in [6, 6.07) is 23.9.